The molecule has 1 N–H and O–H groups in total. The number of nitrogens with zero attached hydrogens (tertiary/aromatic N) is 1. The molecule has 0 atom stereocenters. The van der Waals surface area contributed by atoms with Gasteiger partial charge in [0.2, 0.25) is 0 Å². The minimum atomic E-state index is -1.00. The summed E-state index contributed by atoms with van der Waals surface area (Å²) in [5, 5.41) is 9.62. The van der Waals surface area contributed by atoms with Gasteiger partial charge in [0.15, 0.2) is 0 Å². The van der Waals surface area contributed by atoms with Crippen molar-refractivity contribution in [3.8, 4) is 11.4 Å². The first-order valence-corrected chi connectivity index (χ1v) is 6.43. The van der Waals surface area contributed by atoms with E-state index in [2.05, 4.69) is 22.6 Å². The number of aromatic nitrogens is 1. The molecule has 18 heavy (non-hydrogen) atoms. The number of carboxylic acid groups (broad SMARTS) is 1. The van der Waals surface area contributed by atoms with Gasteiger partial charge in [-0.2, -0.15) is 0 Å². The zero-order valence-electron chi connectivity index (χ0n) is 9.35. The number of ether oxygens (including phenoxy) is 1. The molecule has 94 valence electrons. The minimum Gasteiger partial charge on any atom is -0.497 e. The maximum atomic E-state index is 11.2. The van der Waals surface area contributed by atoms with Crippen molar-refractivity contribution in [2.45, 2.75) is 0 Å². The Morgan fingerprint density at radius 2 is 2.17 bits per heavy atom. The fourth-order valence-corrected chi connectivity index (χ4v) is 2.38. The molecule has 0 aliphatic heterocycles. The van der Waals surface area contributed by atoms with Gasteiger partial charge in [0, 0.05) is 15.8 Å². The van der Waals surface area contributed by atoms with Gasteiger partial charge in [-0.15, -0.1) is 0 Å². The third kappa shape index (κ3) is 2.46. The molecule has 0 radical (unpaired) electrons. The van der Waals surface area contributed by atoms with Crippen molar-refractivity contribution in [1.29, 1.82) is 0 Å². The molecule has 0 spiro atoms. The first kappa shape index (κ1) is 13.2. The maximum absolute atomic E-state index is 11.2. The van der Waals surface area contributed by atoms with E-state index in [-0.39, 0.29) is 5.69 Å². The monoisotopic (exact) mass is 377 g/mol. The topological polar surface area (TPSA) is 51.5 Å². The molecule has 1 heterocycles. The van der Waals surface area contributed by atoms with Crippen LogP contribution in [0.25, 0.3) is 5.69 Å². The van der Waals surface area contributed by atoms with Gasteiger partial charge in [-0.25, -0.2) is 4.79 Å². The Balaban J connectivity index is 2.64. The zero-order chi connectivity index (χ0) is 13.3. The fourth-order valence-electron chi connectivity index (χ4n) is 1.60. The Labute approximate surface area is 122 Å². The van der Waals surface area contributed by atoms with Gasteiger partial charge in [-0.3, -0.25) is 0 Å². The quantitative estimate of drug-likeness (QED) is 0.834. The van der Waals surface area contributed by atoms with Gasteiger partial charge in [-0.05, 0) is 40.8 Å². The second kappa shape index (κ2) is 5.19. The van der Waals surface area contributed by atoms with Crippen LogP contribution in [0.15, 0.2) is 30.5 Å². The molecule has 0 saturated heterocycles. The lowest BCUT2D eigenvalue weighted by Crippen LogP contribution is -2.06. The second-order valence-electron chi connectivity index (χ2n) is 3.54. The van der Waals surface area contributed by atoms with Crippen LogP contribution in [0.4, 0.5) is 0 Å². The lowest BCUT2D eigenvalue weighted by Gasteiger charge is -2.10. The van der Waals surface area contributed by atoms with Gasteiger partial charge in [0.1, 0.15) is 11.4 Å². The zero-order valence-corrected chi connectivity index (χ0v) is 12.3. The highest BCUT2D eigenvalue weighted by molar-refractivity contribution is 14.1. The standard InChI is InChI=1S/C12H9ClINO3/c1-18-8-2-3-9(13)10(5-8)15-6-7(14)4-11(15)12(16)17/h2-6H,1H3,(H,16,17). The van der Waals surface area contributed by atoms with Crippen molar-refractivity contribution < 1.29 is 14.6 Å². The van der Waals surface area contributed by atoms with Crippen LogP contribution < -0.4 is 4.74 Å². The third-order valence-electron chi connectivity index (χ3n) is 2.42. The first-order valence-electron chi connectivity index (χ1n) is 4.98. The molecule has 1 aromatic heterocycles. The summed E-state index contributed by atoms with van der Waals surface area (Å²) in [6, 6.07) is 6.68. The molecule has 0 aliphatic rings. The largest absolute Gasteiger partial charge is 0.497 e. The van der Waals surface area contributed by atoms with Crippen LogP contribution in [0.5, 0.6) is 5.75 Å². The van der Waals surface area contributed by atoms with Gasteiger partial charge >= 0.3 is 5.97 Å². The van der Waals surface area contributed by atoms with Crippen molar-refractivity contribution in [3.63, 3.8) is 0 Å². The smallest absolute Gasteiger partial charge is 0.352 e. The molecule has 6 heteroatoms. The van der Waals surface area contributed by atoms with E-state index < -0.39 is 5.97 Å². The lowest BCUT2D eigenvalue weighted by molar-refractivity contribution is 0.0688. The average molecular weight is 378 g/mol. The fraction of sp³-hybridized carbons (Fsp3) is 0.0833. The molecular formula is C12H9ClINO3. The number of benzene rings is 1. The van der Waals surface area contributed by atoms with Crippen molar-refractivity contribution in [2.24, 2.45) is 0 Å². The van der Waals surface area contributed by atoms with Crippen LogP contribution in [0.3, 0.4) is 0 Å². The third-order valence-corrected chi connectivity index (χ3v) is 3.33. The highest BCUT2D eigenvalue weighted by Crippen LogP contribution is 2.28. The molecule has 2 aromatic rings. The van der Waals surface area contributed by atoms with E-state index in [0.29, 0.717) is 16.5 Å². The highest BCUT2D eigenvalue weighted by Gasteiger charge is 2.15. The van der Waals surface area contributed by atoms with E-state index in [1.54, 1.807) is 37.6 Å². The Hall–Kier alpha value is -1.21. The molecule has 4 nitrogen and oxygen atoms in total. The number of carboxylic acids is 1. The summed E-state index contributed by atoms with van der Waals surface area (Å²) in [5.74, 6) is -0.383. The molecule has 0 fully saturated rings. The van der Waals surface area contributed by atoms with E-state index in [9.17, 15) is 4.79 Å². The van der Waals surface area contributed by atoms with Gasteiger partial charge in [-0.1, -0.05) is 11.6 Å². The molecule has 0 bridgehead atoms. The van der Waals surface area contributed by atoms with Crippen molar-refractivity contribution in [1.82, 2.24) is 4.57 Å². The minimum absolute atomic E-state index is 0.162. The van der Waals surface area contributed by atoms with Crippen LogP contribution >= 0.6 is 34.2 Å². The van der Waals surface area contributed by atoms with Crippen molar-refractivity contribution in [3.05, 3.63) is 44.7 Å². The Morgan fingerprint density at radius 3 is 2.78 bits per heavy atom. The summed E-state index contributed by atoms with van der Waals surface area (Å²) in [5.41, 5.74) is 0.742. The number of hydrogen-bond donors (Lipinski definition) is 1. The first-order chi connectivity index (χ1) is 8.52. The van der Waals surface area contributed by atoms with Crippen LogP contribution in [0, 0.1) is 3.57 Å². The number of halogens is 2. The molecule has 0 unspecified atom stereocenters. The Morgan fingerprint density at radius 1 is 1.44 bits per heavy atom. The van der Waals surface area contributed by atoms with E-state index in [1.165, 1.54) is 4.57 Å². The Bertz CT molecular complexity index is 609. The van der Waals surface area contributed by atoms with Crippen molar-refractivity contribution >= 4 is 40.2 Å². The van der Waals surface area contributed by atoms with E-state index in [4.69, 9.17) is 21.4 Å². The molecular weight excluding hydrogens is 368 g/mol. The summed E-state index contributed by atoms with van der Waals surface area (Å²) in [7, 11) is 1.55. The van der Waals surface area contributed by atoms with E-state index in [1.807, 2.05) is 0 Å². The summed E-state index contributed by atoms with van der Waals surface area (Å²) in [6.45, 7) is 0. The molecule has 0 saturated carbocycles. The number of methoxy groups -OCH3 is 1. The molecule has 0 aliphatic carbocycles. The van der Waals surface area contributed by atoms with E-state index in [0.717, 1.165) is 3.57 Å². The van der Waals surface area contributed by atoms with Gasteiger partial charge < -0.3 is 14.4 Å². The average Bonchev–Trinajstić information content (AvgIpc) is 2.72. The second-order valence-corrected chi connectivity index (χ2v) is 5.19. The van der Waals surface area contributed by atoms with Gasteiger partial charge in [0.25, 0.3) is 0 Å². The molecule has 0 amide bonds. The molecule has 1 aromatic carbocycles. The predicted octanol–water partition coefficient (Wildman–Crippen LogP) is 3.44. The van der Waals surface area contributed by atoms with Crippen LogP contribution in [-0.2, 0) is 0 Å². The summed E-state index contributed by atoms with van der Waals surface area (Å²) >= 11 is 8.16. The molecule has 2 rings (SSSR count). The summed E-state index contributed by atoms with van der Waals surface area (Å²) in [4.78, 5) is 11.2. The van der Waals surface area contributed by atoms with Crippen LogP contribution in [0.2, 0.25) is 5.02 Å². The number of rotatable bonds is 3. The lowest BCUT2D eigenvalue weighted by atomic mass is 10.3. The SMILES string of the molecule is COc1ccc(Cl)c(-n2cc(I)cc2C(=O)O)c1. The number of aromatic carboxylic acids is 1. The Kier molecular flexibility index (Phi) is 3.82. The normalized spacial score (nSPS) is 10.4. The summed E-state index contributed by atoms with van der Waals surface area (Å²) < 4.78 is 7.48. The highest BCUT2D eigenvalue weighted by atomic mass is 127. The predicted molar refractivity (Wildman–Crippen MR) is 77.0 cm³/mol. The van der Waals surface area contributed by atoms with Crippen molar-refractivity contribution in [2.75, 3.05) is 7.11 Å². The van der Waals surface area contributed by atoms with Crippen LogP contribution in [0.1, 0.15) is 10.5 Å². The number of carbonyl (C=O) groups is 1. The van der Waals surface area contributed by atoms with Gasteiger partial charge in [0.05, 0.1) is 17.8 Å². The van der Waals surface area contributed by atoms with E-state index >= 15 is 0 Å². The number of hydrogen-bond acceptors (Lipinski definition) is 2. The maximum Gasteiger partial charge on any atom is 0.352 e. The van der Waals surface area contributed by atoms with Crippen LogP contribution in [-0.4, -0.2) is 22.8 Å². The summed E-state index contributed by atoms with van der Waals surface area (Å²) in [6.07, 6.45) is 1.71.